The van der Waals surface area contributed by atoms with Crippen molar-refractivity contribution in [2.24, 2.45) is 16.6 Å². The van der Waals surface area contributed by atoms with Crippen LogP contribution in [0, 0.1) is 0 Å². The first kappa shape index (κ1) is 22.5. The van der Waals surface area contributed by atoms with Gasteiger partial charge in [-0.2, -0.15) is 0 Å². The molecule has 1 aliphatic rings. The minimum absolute atomic E-state index is 0.0281. The molecule has 0 fully saturated rings. The third-order valence-electron chi connectivity index (χ3n) is 4.18. The van der Waals surface area contributed by atoms with Gasteiger partial charge in [-0.1, -0.05) is 12.2 Å². The van der Waals surface area contributed by atoms with Crippen LogP contribution in [-0.2, 0) is 9.53 Å². The molecule has 7 nitrogen and oxygen atoms in total. The van der Waals surface area contributed by atoms with Crippen molar-refractivity contribution in [3.05, 3.63) is 47.1 Å². The lowest BCUT2D eigenvalue weighted by Crippen LogP contribution is -2.45. The van der Waals surface area contributed by atoms with E-state index in [9.17, 15) is 4.79 Å². The molecule has 0 aromatic carbocycles. The normalized spacial score (nSPS) is 18.4. The zero-order chi connectivity index (χ0) is 20.6. The average Bonchev–Trinajstić information content (AvgIpc) is 2.83. The Bertz CT molecular complexity index is 655. The Balaban J connectivity index is 3.08. The fourth-order valence-corrected chi connectivity index (χ4v) is 2.84. The molecule has 0 heterocycles. The largest absolute Gasteiger partial charge is 0.458 e. The maximum atomic E-state index is 12.1. The Morgan fingerprint density at radius 3 is 2.67 bits per heavy atom. The van der Waals surface area contributed by atoms with Crippen molar-refractivity contribution >= 4 is 12.7 Å². The van der Waals surface area contributed by atoms with E-state index in [4.69, 9.17) is 16.3 Å². The molecule has 27 heavy (non-hydrogen) atoms. The van der Waals surface area contributed by atoms with Crippen LogP contribution in [0.3, 0.4) is 0 Å². The molecule has 0 aromatic heterocycles. The number of hydrogen-bond acceptors (Lipinski definition) is 7. The molecular weight excluding hydrogens is 342 g/mol. The van der Waals surface area contributed by atoms with E-state index in [0.29, 0.717) is 12.1 Å². The first-order valence-corrected chi connectivity index (χ1v) is 9.10. The van der Waals surface area contributed by atoms with Crippen LogP contribution < -0.4 is 11.6 Å². The van der Waals surface area contributed by atoms with Gasteiger partial charge in [0.25, 0.3) is 0 Å². The van der Waals surface area contributed by atoms with Gasteiger partial charge < -0.3 is 20.4 Å². The van der Waals surface area contributed by atoms with Crippen LogP contribution in [0.25, 0.3) is 0 Å². The Morgan fingerprint density at radius 1 is 1.48 bits per heavy atom. The van der Waals surface area contributed by atoms with E-state index < -0.39 is 5.97 Å². The molecule has 0 aliphatic heterocycles. The molecule has 0 saturated carbocycles. The SMILES string of the molecule is C=N/C(=C/C/C(=C(\C)N)N(N)C1CCC=CC=C1N(C)C)C(=O)OC(C)C. The molecule has 1 atom stereocenters. The number of nitrogens with two attached hydrogens (primary N) is 2. The first-order chi connectivity index (χ1) is 12.7. The molecule has 1 unspecified atom stereocenters. The number of carbonyl (C=O) groups is 1. The number of allylic oxidation sites excluding steroid dienone is 5. The number of hydrazine groups is 1. The minimum atomic E-state index is -0.509. The molecule has 7 heteroatoms. The van der Waals surface area contributed by atoms with Crippen molar-refractivity contribution < 1.29 is 9.53 Å². The lowest BCUT2D eigenvalue weighted by atomic mass is 10.1. The predicted octanol–water partition coefficient (Wildman–Crippen LogP) is 2.44. The van der Waals surface area contributed by atoms with Crippen LogP contribution in [0.15, 0.2) is 52.1 Å². The van der Waals surface area contributed by atoms with Gasteiger partial charge >= 0.3 is 5.97 Å². The van der Waals surface area contributed by atoms with Crippen molar-refractivity contribution in [1.82, 2.24) is 9.91 Å². The molecule has 4 N–H and O–H groups in total. The summed E-state index contributed by atoms with van der Waals surface area (Å²) in [4.78, 5) is 17.9. The Morgan fingerprint density at radius 2 is 2.15 bits per heavy atom. The summed E-state index contributed by atoms with van der Waals surface area (Å²) >= 11 is 0. The molecular formula is C20H33N5O2. The zero-order valence-electron chi connectivity index (χ0n) is 17.1. The van der Waals surface area contributed by atoms with Crippen molar-refractivity contribution in [2.45, 2.75) is 52.2 Å². The molecule has 0 amide bonds. The van der Waals surface area contributed by atoms with Crippen LogP contribution in [0.1, 0.15) is 40.0 Å². The third-order valence-corrected chi connectivity index (χ3v) is 4.18. The van der Waals surface area contributed by atoms with Gasteiger partial charge in [0.05, 0.1) is 17.8 Å². The maximum absolute atomic E-state index is 12.1. The summed E-state index contributed by atoms with van der Waals surface area (Å²) in [5.41, 5.74) is 8.67. The Labute approximate surface area is 162 Å². The van der Waals surface area contributed by atoms with E-state index in [-0.39, 0.29) is 17.8 Å². The van der Waals surface area contributed by atoms with Crippen molar-refractivity contribution in [3.8, 4) is 0 Å². The van der Waals surface area contributed by atoms with Gasteiger partial charge in [-0.3, -0.25) is 4.99 Å². The van der Waals surface area contributed by atoms with E-state index in [1.165, 1.54) is 0 Å². The lowest BCUT2D eigenvalue weighted by Gasteiger charge is -2.35. The summed E-state index contributed by atoms with van der Waals surface area (Å²) in [5.74, 6) is 5.98. The molecule has 0 spiro atoms. The van der Waals surface area contributed by atoms with Crippen LogP contribution in [-0.4, -0.2) is 48.8 Å². The molecule has 1 aliphatic carbocycles. The molecule has 1 rings (SSSR count). The van der Waals surface area contributed by atoms with Crippen LogP contribution in [0.4, 0.5) is 0 Å². The summed E-state index contributed by atoms with van der Waals surface area (Å²) in [7, 11) is 3.98. The monoisotopic (exact) mass is 375 g/mol. The highest BCUT2D eigenvalue weighted by atomic mass is 16.5. The summed E-state index contributed by atoms with van der Waals surface area (Å²) in [6.45, 7) is 8.82. The van der Waals surface area contributed by atoms with Crippen LogP contribution in [0.5, 0.6) is 0 Å². The van der Waals surface area contributed by atoms with E-state index in [0.717, 1.165) is 24.2 Å². The minimum Gasteiger partial charge on any atom is -0.458 e. The Kier molecular flexibility index (Phi) is 8.81. The van der Waals surface area contributed by atoms with Gasteiger partial charge in [-0.15, -0.1) is 0 Å². The summed E-state index contributed by atoms with van der Waals surface area (Å²) < 4.78 is 5.18. The number of aliphatic imine (C=N–C) groups is 1. The highest BCUT2D eigenvalue weighted by Gasteiger charge is 2.24. The maximum Gasteiger partial charge on any atom is 0.356 e. The van der Waals surface area contributed by atoms with Gasteiger partial charge in [0, 0.05) is 31.9 Å². The number of hydrogen-bond donors (Lipinski definition) is 2. The third kappa shape index (κ3) is 6.60. The van der Waals surface area contributed by atoms with Crippen molar-refractivity contribution in [2.75, 3.05) is 14.1 Å². The first-order valence-electron chi connectivity index (χ1n) is 9.10. The second kappa shape index (κ2) is 10.6. The van der Waals surface area contributed by atoms with Gasteiger partial charge in [0.2, 0.25) is 0 Å². The second-order valence-corrected chi connectivity index (χ2v) is 6.95. The van der Waals surface area contributed by atoms with Gasteiger partial charge in [-0.25, -0.2) is 10.6 Å². The standard InChI is InChI=1S/C20H33N5O2/c1-14(2)27-20(26)16(23-4)12-13-17(15(3)21)25(22)19-11-9-7-8-10-18(19)24(5)6/h7-8,10,12,14,19H,4,9,11,13,21-22H2,1-3,5-6H3/b16-12+,17-15-. The van der Waals surface area contributed by atoms with E-state index in [1.807, 2.05) is 20.2 Å². The van der Waals surface area contributed by atoms with Gasteiger partial charge in [-0.05, 0) is 52.5 Å². The highest BCUT2D eigenvalue weighted by molar-refractivity contribution is 5.89. The number of ether oxygens (including phenoxy) is 1. The van der Waals surface area contributed by atoms with Crippen molar-refractivity contribution in [1.29, 1.82) is 0 Å². The quantitative estimate of drug-likeness (QED) is 0.222. The Hall–Kier alpha value is -2.54. The van der Waals surface area contributed by atoms with Crippen LogP contribution >= 0.6 is 0 Å². The number of nitrogens with zero attached hydrogens (tertiary/aromatic N) is 3. The number of likely N-dealkylation sites (N-methyl/N-ethyl adjacent to an activating group) is 1. The molecule has 150 valence electrons. The fourth-order valence-electron chi connectivity index (χ4n) is 2.84. The smallest absolute Gasteiger partial charge is 0.356 e. The average molecular weight is 376 g/mol. The molecule has 0 aromatic rings. The molecule has 0 radical (unpaired) electrons. The second-order valence-electron chi connectivity index (χ2n) is 6.95. The zero-order valence-corrected chi connectivity index (χ0v) is 17.1. The van der Waals surface area contributed by atoms with E-state index >= 15 is 0 Å². The number of carbonyl (C=O) groups excluding carboxylic acids is 1. The van der Waals surface area contributed by atoms with Gasteiger partial charge in [0.1, 0.15) is 5.70 Å². The summed E-state index contributed by atoms with van der Waals surface area (Å²) in [5, 5.41) is 1.69. The fraction of sp³-hybridized carbons (Fsp3) is 0.500. The topological polar surface area (TPSA) is 97.2 Å². The molecule has 0 bridgehead atoms. The number of esters is 1. The van der Waals surface area contributed by atoms with Crippen LogP contribution in [0.2, 0.25) is 0 Å². The summed E-state index contributed by atoms with van der Waals surface area (Å²) in [6, 6.07) is -0.0281. The highest BCUT2D eigenvalue weighted by Crippen LogP contribution is 2.25. The number of rotatable bonds is 8. The van der Waals surface area contributed by atoms with Crippen molar-refractivity contribution in [3.63, 3.8) is 0 Å². The lowest BCUT2D eigenvalue weighted by molar-refractivity contribution is -0.142. The van der Waals surface area contributed by atoms with Gasteiger partial charge in [0.15, 0.2) is 0 Å². The summed E-state index contributed by atoms with van der Waals surface area (Å²) in [6.07, 6.45) is 9.78. The van der Waals surface area contributed by atoms with E-state index in [2.05, 4.69) is 28.8 Å². The molecule has 0 saturated heterocycles. The van der Waals surface area contributed by atoms with E-state index in [1.54, 1.807) is 31.9 Å². The predicted molar refractivity (Wildman–Crippen MR) is 110 cm³/mol.